The normalized spacial score (nSPS) is 25.1. The molecule has 0 radical (unpaired) electrons. The van der Waals surface area contributed by atoms with Crippen molar-refractivity contribution in [2.75, 3.05) is 25.5 Å². The fourth-order valence-electron chi connectivity index (χ4n) is 5.95. The number of aliphatic hydroxyl groups is 1. The van der Waals surface area contributed by atoms with Gasteiger partial charge >= 0.3 is 0 Å². The first-order valence-corrected chi connectivity index (χ1v) is 13.7. The number of rotatable bonds is 8. The predicted molar refractivity (Wildman–Crippen MR) is 148 cm³/mol. The van der Waals surface area contributed by atoms with Crippen LogP contribution in [-0.4, -0.2) is 55.2 Å². The van der Waals surface area contributed by atoms with E-state index in [1.807, 2.05) is 20.8 Å². The smallest absolute Gasteiger partial charge is 0.237 e. The lowest BCUT2D eigenvalue weighted by molar-refractivity contribution is -0.123. The van der Waals surface area contributed by atoms with Crippen LogP contribution in [-0.2, 0) is 15.0 Å². The lowest BCUT2D eigenvalue weighted by atomic mass is 9.62. The Morgan fingerprint density at radius 3 is 2.49 bits per heavy atom. The zero-order valence-corrected chi connectivity index (χ0v) is 23.8. The van der Waals surface area contributed by atoms with Crippen molar-refractivity contribution in [1.82, 2.24) is 16.0 Å². The van der Waals surface area contributed by atoms with Crippen LogP contribution in [0.4, 0.5) is 14.5 Å². The van der Waals surface area contributed by atoms with E-state index in [9.17, 15) is 23.5 Å². The second kappa shape index (κ2) is 11.3. The van der Waals surface area contributed by atoms with E-state index in [0.717, 1.165) is 0 Å². The molecule has 1 fully saturated rings. The average molecular weight is 584 g/mol. The lowest BCUT2D eigenvalue weighted by Gasteiger charge is -2.37. The monoisotopic (exact) mass is 582 g/mol. The van der Waals surface area contributed by atoms with Crippen molar-refractivity contribution in [2.24, 2.45) is 5.41 Å². The Bertz CT molecular complexity index is 1270. The number of carbonyl (C=O) groups excluding carboxylic acids is 2. The molecule has 2 amide bonds. The quantitative estimate of drug-likeness (QED) is 0.322. The van der Waals surface area contributed by atoms with Crippen LogP contribution < -0.4 is 21.3 Å². The summed E-state index contributed by atoms with van der Waals surface area (Å²) < 4.78 is 29.2. The highest BCUT2D eigenvalue weighted by Crippen LogP contribution is 2.57. The van der Waals surface area contributed by atoms with E-state index in [1.165, 1.54) is 30.3 Å². The molecule has 11 heteroatoms. The molecular weight excluding hydrogens is 549 g/mol. The summed E-state index contributed by atoms with van der Waals surface area (Å²) in [6.45, 7) is 6.60. The molecule has 2 aliphatic rings. The largest absolute Gasteiger partial charge is 0.392 e. The van der Waals surface area contributed by atoms with Crippen molar-refractivity contribution in [3.05, 3.63) is 63.1 Å². The van der Waals surface area contributed by atoms with E-state index < -0.39 is 53.0 Å². The Labute approximate surface area is 237 Å². The molecule has 39 heavy (non-hydrogen) atoms. The molecule has 4 rings (SSSR count). The zero-order chi connectivity index (χ0) is 28.7. The van der Waals surface area contributed by atoms with Gasteiger partial charge in [-0.15, -0.1) is 0 Å². The van der Waals surface area contributed by atoms with Crippen LogP contribution in [0.3, 0.4) is 0 Å². The number of likely N-dealkylation sites (N-methyl/N-ethyl adjacent to an activating group) is 1. The van der Waals surface area contributed by atoms with E-state index in [0.29, 0.717) is 36.2 Å². The summed E-state index contributed by atoms with van der Waals surface area (Å²) in [5, 5.41) is 21.8. The van der Waals surface area contributed by atoms with E-state index in [2.05, 4.69) is 21.3 Å². The fraction of sp³-hybridized carbons (Fsp3) is 0.500. The van der Waals surface area contributed by atoms with Crippen LogP contribution >= 0.6 is 23.2 Å². The summed E-state index contributed by atoms with van der Waals surface area (Å²) in [4.78, 5) is 27.8. The number of carbonyl (C=O) groups is 2. The van der Waals surface area contributed by atoms with Gasteiger partial charge in [-0.2, -0.15) is 0 Å². The molecule has 2 aliphatic heterocycles. The van der Waals surface area contributed by atoms with Crippen molar-refractivity contribution in [2.45, 2.75) is 63.1 Å². The number of halogens is 4. The van der Waals surface area contributed by atoms with E-state index in [-0.39, 0.29) is 22.0 Å². The van der Waals surface area contributed by atoms with Gasteiger partial charge in [-0.1, -0.05) is 50.0 Å². The molecule has 0 aromatic heterocycles. The Balaban J connectivity index is 1.87. The van der Waals surface area contributed by atoms with Crippen LogP contribution in [0.2, 0.25) is 10.0 Å². The highest BCUT2D eigenvalue weighted by molar-refractivity contribution is 6.31. The van der Waals surface area contributed by atoms with Gasteiger partial charge in [0.1, 0.15) is 17.0 Å². The van der Waals surface area contributed by atoms with Crippen LogP contribution in [0.25, 0.3) is 0 Å². The van der Waals surface area contributed by atoms with E-state index in [4.69, 9.17) is 23.2 Å². The van der Waals surface area contributed by atoms with Crippen LogP contribution in [0, 0.1) is 17.0 Å². The Morgan fingerprint density at radius 1 is 1.15 bits per heavy atom. The number of hydrogen-bond donors (Lipinski definition) is 5. The topological polar surface area (TPSA) is 102 Å². The highest BCUT2D eigenvalue weighted by Gasteiger charge is 2.65. The van der Waals surface area contributed by atoms with Gasteiger partial charge in [0.25, 0.3) is 0 Å². The van der Waals surface area contributed by atoms with Gasteiger partial charge < -0.3 is 26.4 Å². The molecule has 5 N–H and O–H groups in total. The first-order chi connectivity index (χ1) is 18.3. The molecule has 1 spiro atoms. The molecule has 2 aromatic carbocycles. The third-order valence-electron chi connectivity index (χ3n) is 7.50. The fourth-order valence-corrected chi connectivity index (χ4v) is 6.30. The molecule has 0 unspecified atom stereocenters. The maximum Gasteiger partial charge on any atom is 0.237 e. The Kier molecular flexibility index (Phi) is 8.59. The van der Waals surface area contributed by atoms with E-state index in [1.54, 1.807) is 7.05 Å². The predicted octanol–water partition coefficient (Wildman–Crippen LogP) is 4.11. The molecule has 212 valence electrons. The highest BCUT2D eigenvalue weighted by atomic mass is 35.5. The minimum Gasteiger partial charge on any atom is -0.392 e. The summed E-state index contributed by atoms with van der Waals surface area (Å²) in [6, 6.07) is 5.19. The van der Waals surface area contributed by atoms with Gasteiger partial charge in [-0.25, -0.2) is 8.78 Å². The van der Waals surface area contributed by atoms with Gasteiger partial charge in [-0.05, 0) is 60.7 Å². The first kappa shape index (κ1) is 29.7. The number of amides is 2. The maximum absolute atomic E-state index is 14.9. The molecule has 5 atom stereocenters. The molecule has 2 aromatic rings. The first-order valence-electron chi connectivity index (χ1n) is 12.9. The summed E-state index contributed by atoms with van der Waals surface area (Å²) in [6.07, 6.45) is 0.120. The minimum absolute atomic E-state index is 0.139. The standard InChI is InChI=1S/C28H34Cl2F2N4O3/c1-27(2,3)12-22-28(16-10-20(32)18(30)11-21(16)35-26(28)39)23(14-5-6-19(31)17(29)9-14)24(36-22)25(38)34-8-7-15(37)13-33-4/h5-6,9-11,15,22-24,33,36-37H,7-8,12-13H2,1-4H3,(H,34,38)(H,35,39)/t15-,22+,23-,24+,28-/m0/s1. The van der Waals surface area contributed by atoms with E-state index >= 15 is 0 Å². The molecule has 7 nitrogen and oxygen atoms in total. The molecular formula is C28H34Cl2F2N4O3. The number of benzene rings is 2. The van der Waals surface area contributed by atoms with Crippen LogP contribution in [0.1, 0.15) is 50.7 Å². The van der Waals surface area contributed by atoms with Crippen molar-refractivity contribution in [3.8, 4) is 0 Å². The number of nitrogens with one attached hydrogen (secondary N) is 4. The number of anilines is 1. The number of fused-ring (bicyclic) bond motifs is 2. The molecule has 0 aliphatic carbocycles. The van der Waals surface area contributed by atoms with Crippen molar-refractivity contribution >= 4 is 40.7 Å². The van der Waals surface area contributed by atoms with Gasteiger partial charge in [0.2, 0.25) is 11.8 Å². The van der Waals surface area contributed by atoms with Crippen molar-refractivity contribution < 1.29 is 23.5 Å². The molecule has 0 bridgehead atoms. The SMILES string of the molecule is CNC[C@@H](O)CCNC(=O)[C@@H]1N[C@H](CC(C)(C)C)[C@]2(C(=O)Nc3cc(Cl)c(F)cc32)[C@H]1c1ccc(F)c(Cl)c1. The Hall–Kier alpha value is -2.30. The van der Waals surface area contributed by atoms with Gasteiger partial charge in [0.05, 0.1) is 22.2 Å². The third kappa shape index (κ3) is 5.65. The number of aliphatic hydroxyl groups excluding tert-OH is 1. The molecule has 1 saturated heterocycles. The second-order valence-corrected chi connectivity index (χ2v) is 12.4. The summed E-state index contributed by atoms with van der Waals surface area (Å²) in [5.74, 6) is -3.01. The average Bonchev–Trinajstić information content (AvgIpc) is 3.30. The second-order valence-electron chi connectivity index (χ2n) is 11.5. The van der Waals surface area contributed by atoms with Gasteiger partial charge in [0.15, 0.2) is 0 Å². The molecule has 0 saturated carbocycles. The summed E-state index contributed by atoms with van der Waals surface area (Å²) >= 11 is 12.2. The lowest BCUT2D eigenvalue weighted by Crippen LogP contribution is -2.49. The minimum atomic E-state index is -1.43. The van der Waals surface area contributed by atoms with Crippen molar-refractivity contribution in [1.29, 1.82) is 0 Å². The maximum atomic E-state index is 14.9. The summed E-state index contributed by atoms with van der Waals surface area (Å²) in [5.41, 5.74) is -0.517. The zero-order valence-electron chi connectivity index (χ0n) is 22.3. The summed E-state index contributed by atoms with van der Waals surface area (Å²) in [7, 11) is 1.72. The molecule has 2 heterocycles. The number of hydrogen-bond acceptors (Lipinski definition) is 5. The van der Waals surface area contributed by atoms with Crippen LogP contribution in [0.15, 0.2) is 30.3 Å². The van der Waals surface area contributed by atoms with Crippen molar-refractivity contribution in [3.63, 3.8) is 0 Å². The van der Waals surface area contributed by atoms with Crippen LogP contribution in [0.5, 0.6) is 0 Å². The van der Waals surface area contributed by atoms with Gasteiger partial charge in [-0.3, -0.25) is 9.59 Å². The Morgan fingerprint density at radius 2 is 1.85 bits per heavy atom. The third-order valence-corrected chi connectivity index (χ3v) is 8.08. The van der Waals surface area contributed by atoms with Gasteiger partial charge in [0, 0.05) is 30.7 Å².